The van der Waals surface area contributed by atoms with Gasteiger partial charge in [0.05, 0.1) is 20.0 Å². The number of rotatable bonds is 2. The summed E-state index contributed by atoms with van der Waals surface area (Å²) in [5.74, 6) is 0.504. The fraction of sp³-hybridized carbons (Fsp3) is 0.385. The van der Waals surface area contributed by atoms with Crippen LogP contribution in [0.3, 0.4) is 0 Å². The number of methoxy groups -OCH3 is 1. The molecule has 0 unspecified atom stereocenters. The largest absolute Gasteiger partial charge is 0.496 e. The molecule has 0 aliphatic carbocycles. The maximum atomic E-state index is 11.4. The lowest BCUT2D eigenvalue weighted by Gasteiger charge is -2.22. The van der Waals surface area contributed by atoms with Gasteiger partial charge in [0, 0.05) is 17.5 Å². The van der Waals surface area contributed by atoms with Gasteiger partial charge in [0.2, 0.25) is 6.79 Å². The molecular formula is C13H12O6. The summed E-state index contributed by atoms with van der Waals surface area (Å²) in [5.41, 5.74) is 0.761. The average Bonchev–Trinajstić information content (AvgIpc) is 2.83. The van der Waals surface area contributed by atoms with E-state index < -0.39 is 11.9 Å². The Morgan fingerprint density at radius 3 is 2.37 bits per heavy atom. The van der Waals surface area contributed by atoms with Crippen molar-refractivity contribution in [3.8, 4) is 17.2 Å². The Hall–Kier alpha value is -2.24. The number of ether oxygens (including phenoxy) is 4. The van der Waals surface area contributed by atoms with Crippen LogP contribution in [-0.4, -0.2) is 25.8 Å². The van der Waals surface area contributed by atoms with Crippen LogP contribution in [0, 0.1) is 0 Å². The van der Waals surface area contributed by atoms with E-state index in [0.29, 0.717) is 17.2 Å². The minimum Gasteiger partial charge on any atom is -0.496 e. The van der Waals surface area contributed by atoms with Crippen molar-refractivity contribution < 1.29 is 28.5 Å². The van der Waals surface area contributed by atoms with Gasteiger partial charge in [0.1, 0.15) is 5.75 Å². The number of carbonyl (C=O) groups is 2. The van der Waals surface area contributed by atoms with Crippen LogP contribution in [0.5, 0.6) is 17.2 Å². The first-order chi connectivity index (χ1) is 9.17. The first-order valence-corrected chi connectivity index (χ1v) is 5.88. The molecule has 0 atom stereocenters. The summed E-state index contributed by atoms with van der Waals surface area (Å²) in [4.78, 5) is 22.7. The Kier molecular flexibility index (Phi) is 2.77. The first kappa shape index (κ1) is 11.8. The number of benzene rings is 1. The molecule has 0 saturated carbocycles. The normalized spacial score (nSPS) is 18.4. The molecule has 6 heteroatoms. The summed E-state index contributed by atoms with van der Waals surface area (Å²) >= 11 is 0. The second-order valence-corrected chi connectivity index (χ2v) is 4.40. The average molecular weight is 264 g/mol. The van der Waals surface area contributed by atoms with Crippen LogP contribution < -0.4 is 14.2 Å². The molecule has 3 rings (SSSR count). The van der Waals surface area contributed by atoms with Crippen LogP contribution in [0.4, 0.5) is 0 Å². The van der Waals surface area contributed by atoms with E-state index in [2.05, 4.69) is 4.74 Å². The van der Waals surface area contributed by atoms with Crippen molar-refractivity contribution in [3.63, 3.8) is 0 Å². The van der Waals surface area contributed by atoms with Gasteiger partial charge in [-0.25, -0.2) is 0 Å². The van der Waals surface area contributed by atoms with Gasteiger partial charge in [-0.15, -0.1) is 0 Å². The third-order valence-electron chi connectivity index (χ3n) is 3.22. The van der Waals surface area contributed by atoms with Crippen LogP contribution in [0.1, 0.15) is 24.3 Å². The zero-order valence-corrected chi connectivity index (χ0v) is 10.3. The summed E-state index contributed by atoms with van der Waals surface area (Å²) in [6.07, 6.45) is 0.309. The Bertz CT molecular complexity index is 534. The van der Waals surface area contributed by atoms with Crippen molar-refractivity contribution >= 4 is 11.9 Å². The highest BCUT2D eigenvalue weighted by molar-refractivity contribution is 5.89. The Morgan fingerprint density at radius 2 is 1.74 bits per heavy atom. The zero-order chi connectivity index (χ0) is 13.4. The molecule has 0 aromatic heterocycles. The first-order valence-electron chi connectivity index (χ1n) is 5.88. The summed E-state index contributed by atoms with van der Waals surface area (Å²) in [6, 6.07) is 3.47. The van der Waals surface area contributed by atoms with Crippen molar-refractivity contribution in [1.82, 2.24) is 0 Å². The molecule has 2 aliphatic heterocycles. The van der Waals surface area contributed by atoms with E-state index in [1.807, 2.05) is 0 Å². The van der Waals surface area contributed by atoms with E-state index in [0.717, 1.165) is 5.56 Å². The van der Waals surface area contributed by atoms with Gasteiger partial charge in [-0.2, -0.15) is 0 Å². The molecule has 100 valence electrons. The van der Waals surface area contributed by atoms with E-state index in [-0.39, 0.29) is 25.6 Å². The molecule has 0 bridgehead atoms. The maximum Gasteiger partial charge on any atom is 0.314 e. The lowest BCUT2D eigenvalue weighted by Crippen LogP contribution is -2.24. The SMILES string of the molecule is COc1cc2c(cc1C1CC(=O)OC(=O)C1)OCO2. The van der Waals surface area contributed by atoms with Gasteiger partial charge >= 0.3 is 11.9 Å². The van der Waals surface area contributed by atoms with Crippen LogP contribution in [0.25, 0.3) is 0 Å². The molecule has 19 heavy (non-hydrogen) atoms. The number of hydrogen-bond donors (Lipinski definition) is 0. The van der Waals surface area contributed by atoms with Crippen LogP contribution >= 0.6 is 0 Å². The Labute approximate surface area is 109 Å². The molecule has 0 amide bonds. The van der Waals surface area contributed by atoms with Gasteiger partial charge in [-0.1, -0.05) is 0 Å². The van der Waals surface area contributed by atoms with Crippen molar-refractivity contribution in [2.45, 2.75) is 18.8 Å². The minimum atomic E-state index is -0.513. The molecule has 1 aromatic rings. The number of cyclic esters (lactones) is 2. The summed E-state index contributed by atoms with van der Waals surface area (Å²) in [6.45, 7) is 0.160. The molecule has 2 aliphatic rings. The molecule has 1 saturated heterocycles. The van der Waals surface area contributed by atoms with Crippen LogP contribution in [0.2, 0.25) is 0 Å². The predicted octanol–water partition coefficient (Wildman–Crippen LogP) is 1.37. The van der Waals surface area contributed by atoms with Crippen molar-refractivity contribution in [2.24, 2.45) is 0 Å². The Balaban J connectivity index is 1.99. The predicted molar refractivity (Wildman–Crippen MR) is 62.2 cm³/mol. The van der Waals surface area contributed by atoms with E-state index in [4.69, 9.17) is 14.2 Å². The van der Waals surface area contributed by atoms with Crippen LogP contribution in [-0.2, 0) is 14.3 Å². The highest BCUT2D eigenvalue weighted by atomic mass is 16.7. The molecule has 2 heterocycles. The smallest absolute Gasteiger partial charge is 0.314 e. The van der Waals surface area contributed by atoms with E-state index in [9.17, 15) is 9.59 Å². The zero-order valence-electron chi connectivity index (χ0n) is 10.3. The minimum absolute atomic E-state index is 0.155. The number of fused-ring (bicyclic) bond motifs is 1. The van der Waals surface area contributed by atoms with E-state index >= 15 is 0 Å². The standard InChI is InChI=1S/C13H12O6/c1-16-9-5-11-10(17-6-18-11)4-8(9)7-2-12(14)19-13(15)3-7/h4-5,7H,2-3,6H2,1H3. The summed E-state index contributed by atoms with van der Waals surface area (Å²) < 4.78 is 20.4. The number of carbonyl (C=O) groups excluding carboxylic acids is 2. The lowest BCUT2D eigenvalue weighted by molar-refractivity contribution is -0.163. The molecule has 0 N–H and O–H groups in total. The van der Waals surface area contributed by atoms with Crippen molar-refractivity contribution in [1.29, 1.82) is 0 Å². The third-order valence-corrected chi connectivity index (χ3v) is 3.22. The fourth-order valence-electron chi connectivity index (χ4n) is 2.34. The lowest BCUT2D eigenvalue weighted by atomic mass is 9.90. The van der Waals surface area contributed by atoms with Crippen molar-refractivity contribution in [3.05, 3.63) is 17.7 Å². The quantitative estimate of drug-likeness (QED) is 0.593. The number of esters is 2. The maximum absolute atomic E-state index is 11.4. The van der Waals surface area contributed by atoms with E-state index in [1.54, 1.807) is 12.1 Å². The van der Waals surface area contributed by atoms with Gasteiger partial charge in [-0.05, 0) is 6.07 Å². The molecule has 0 radical (unpaired) electrons. The molecule has 0 spiro atoms. The second-order valence-electron chi connectivity index (χ2n) is 4.40. The van der Waals surface area contributed by atoms with E-state index in [1.165, 1.54) is 7.11 Å². The van der Waals surface area contributed by atoms with Gasteiger partial charge < -0.3 is 18.9 Å². The summed E-state index contributed by atoms with van der Waals surface area (Å²) in [5, 5.41) is 0. The fourth-order valence-corrected chi connectivity index (χ4v) is 2.34. The second kappa shape index (κ2) is 4.46. The molecule has 1 fully saturated rings. The van der Waals surface area contributed by atoms with Gasteiger partial charge in [0.15, 0.2) is 11.5 Å². The third kappa shape index (κ3) is 2.09. The topological polar surface area (TPSA) is 71.1 Å². The monoisotopic (exact) mass is 264 g/mol. The Morgan fingerprint density at radius 1 is 1.11 bits per heavy atom. The molecule has 6 nitrogen and oxygen atoms in total. The van der Waals surface area contributed by atoms with Crippen LogP contribution in [0.15, 0.2) is 12.1 Å². The molecular weight excluding hydrogens is 252 g/mol. The number of hydrogen-bond acceptors (Lipinski definition) is 6. The molecule has 1 aromatic carbocycles. The summed E-state index contributed by atoms with van der Waals surface area (Å²) in [7, 11) is 1.53. The van der Waals surface area contributed by atoms with Crippen molar-refractivity contribution in [2.75, 3.05) is 13.9 Å². The highest BCUT2D eigenvalue weighted by Crippen LogP contribution is 2.43. The van der Waals surface area contributed by atoms with Gasteiger partial charge in [-0.3, -0.25) is 9.59 Å². The highest BCUT2D eigenvalue weighted by Gasteiger charge is 2.31. The van der Waals surface area contributed by atoms with Gasteiger partial charge in [0.25, 0.3) is 0 Å².